The minimum atomic E-state index is 0.605. The molecule has 2 N–H and O–H groups in total. The molecule has 2 aromatic carbocycles. The minimum Gasteiger partial charge on any atom is -0.330 e. The van der Waals surface area contributed by atoms with E-state index in [-0.39, 0.29) is 0 Å². The second kappa shape index (κ2) is 5.03. The van der Waals surface area contributed by atoms with Gasteiger partial charge in [0, 0.05) is 10.4 Å². The van der Waals surface area contributed by atoms with Crippen LogP contribution >= 0.6 is 11.6 Å². The standard InChI is InChI=1S/C15H14ClN3/c16-13-6-5-11(7-8-17)15(9-13)19-14-4-2-1-3-12(14)10-18-19/h1-6,9-10H,7-8,17H2. The van der Waals surface area contributed by atoms with Gasteiger partial charge >= 0.3 is 0 Å². The van der Waals surface area contributed by atoms with E-state index in [2.05, 4.69) is 11.2 Å². The predicted molar refractivity (Wildman–Crippen MR) is 78.8 cm³/mol. The van der Waals surface area contributed by atoms with Crippen molar-refractivity contribution in [1.82, 2.24) is 9.78 Å². The maximum atomic E-state index is 6.11. The molecular formula is C15H14ClN3. The van der Waals surface area contributed by atoms with Crippen molar-refractivity contribution in [2.24, 2.45) is 5.73 Å². The van der Waals surface area contributed by atoms with E-state index >= 15 is 0 Å². The van der Waals surface area contributed by atoms with Gasteiger partial charge in [-0.05, 0) is 36.7 Å². The van der Waals surface area contributed by atoms with Crippen molar-refractivity contribution in [3.8, 4) is 5.69 Å². The number of aromatic nitrogens is 2. The van der Waals surface area contributed by atoms with Gasteiger partial charge in [-0.2, -0.15) is 5.10 Å². The van der Waals surface area contributed by atoms with Gasteiger partial charge < -0.3 is 5.73 Å². The summed E-state index contributed by atoms with van der Waals surface area (Å²) in [6.45, 7) is 0.605. The molecule has 0 amide bonds. The van der Waals surface area contributed by atoms with E-state index in [1.165, 1.54) is 0 Å². The first-order valence-electron chi connectivity index (χ1n) is 6.21. The molecule has 0 saturated heterocycles. The SMILES string of the molecule is NCCc1ccc(Cl)cc1-n1ncc2ccccc21. The Morgan fingerprint density at radius 1 is 1.16 bits per heavy atom. The Labute approximate surface area is 116 Å². The molecule has 19 heavy (non-hydrogen) atoms. The highest BCUT2D eigenvalue weighted by molar-refractivity contribution is 6.30. The van der Waals surface area contributed by atoms with Crippen molar-refractivity contribution in [1.29, 1.82) is 0 Å². The van der Waals surface area contributed by atoms with Crippen molar-refractivity contribution in [2.45, 2.75) is 6.42 Å². The van der Waals surface area contributed by atoms with Crippen molar-refractivity contribution >= 4 is 22.5 Å². The van der Waals surface area contributed by atoms with Crippen molar-refractivity contribution < 1.29 is 0 Å². The van der Waals surface area contributed by atoms with Crippen LogP contribution in [0.4, 0.5) is 0 Å². The highest BCUT2D eigenvalue weighted by Gasteiger charge is 2.09. The monoisotopic (exact) mass is 271 g/mol. The molecule has 3 rings (SSSR count). The maximum Gasteiger partial charge on any atom is 0.0741 e. The summed E-state index contributed by atoms with van der Waals surface area (Å²) in [5.41, 5.74) is 8.90. The zero-order valence-electron chi connectivity index (χ0n) is 10.4. The number of para-hydroxylation sites is 1. The van der Waals surface area contributed by atoms with Crippen LogP contribution in [-0.2, 0) is 6.42 Å². The van der Waals surface area contributed by atoms with Gasteiger partial charge in [0.2, 0.25) is 0 Å². The second-order valence-electron chi connectivity index (χ2n) is 4.43. The Morgan fingerprint density at radius 3 is 2.84 bits per heavy atom. The van der Waals surface area contributed by atoms with Crippen LogP contribution in [0.2, 0.25) is 5.02 Å². The van der Waals surface area contributed by atoms with Gasteiger partial charge in [-0.25, -0.2) is 4.68 Å². The number of fused-ring (bicyclic) bond motifs is 1. The molecule has 96 valence electrons. The predicted octanol–water partition coefficient (Wildman–Crippen LogP) is 3.18. The number of benzene rings is 2. The quantitative estimate of drug-likeness (QED) is 0.795. The van der Waals surface area contributed by atoms with Gasteiger partial charge in [0.25, 0.3) is 0 Å². The van der Waals surface area contributed by atoms with E-state index in [9.17, 15) is 0 Å². The number of nitrogens with two attached hydrogens (primary N) is 1. The van der Waals surface area contributed by atoms with Crippen LogP contribution in [0, 0.1) is 0 Å². The largest absolute Gasteiger partial charge is 0.330 e. The lowest BCUT2D eigenvalue weighted by atomic mass is 10.1. The first-order chi connectivity index (χ1) is 9.29. The van der Waals surface area contributed by atoms with Crippen LogP contribution in [-0.4, -0.2) is 16.3 Å². The molecule has 4 heteroatoms. The van der Waals surface area contributed by atoms with E-state index in [1.54, 1.807) is 0 Å². The van der Waals surface area contributed by atoms with Gasteiger partial charge in [0.05, 0.1) is 17.4 Å². The van der Waals surface area contributed by atoms with Gasteiger partial charge in [-0.3, -0.25) is 0 Å². The number of nitrogens with zero attached hydrogens (tertiary/aromatic N) is 2. The molecule has 0 saturated carbocycles. The summed E-state index contributed by atoms with van der Waals surface area (Å²) in [6.07, 6.45) is 2.67. The van der Waals surface area contributed by atoms with Crippen LogP contribution < -0.4 is 5.73 Å². The summed E-state index contributed by atoms with van der Waals surface area (Å²) >= 11 is 6.11. The molecule has 3 nitrogen and oxygen atoms in total. The first kappa shape index (κ1) is 12.2. The van der Waals surface area contributed by atoms with Crippen molar-refractivity contribution in [2.75, 3.05) is 6.54 Å². The van der Waals surface area contributed by atoms with Gasteiger partial charge in [-0.1, -0.05) is 35.9 Å². The summed E-state index contributed by atoms with van der Waals surface area (Å²) in [4.78, 5) is 0. The molecule has 0 spiro atoms. The Hall–Kier alpha value is -1.84. The Morgan fingerprint density at radius 2 is 2.00 bits per heavy atom. The van der Waals surface area contributed by atoms with Crippen LogP contribution in [0.5, 0.6) is 0 Å². The topological polar surface area (TPSA) is 43.8 Å². The van der Waals surface area contributed by atoms with Crippen LogP contribution in [0.1, 0.15) is 5.56 Å². The van der Waals surface area contributed by atoms with Crippen LogP contribution in [0.15, 0.2) is 48.7 Å². The lowest BCUT2D eigenvalue weighted by molar-refractivity contribution is 0.873. The molecule has 3 aromatic rings. The lowest BCUT2D eigenvalue weighted by Crippen LogP contribution is -2.07. The third kappa shape index (κ3) is 2.23. The number of hydrogen-bond donors (Lipinski definition) is 1. The van der Waals surface area contributed by atoms with E-state index in [0.29, 0.717) is 11.6 Å². The summed E-state index contributed by atoms with van der Waals surface area (Å²) < 4.78 is 1.92. The number of hydrogen-bond acceptors (Lipinski definition) is 2. The van der Waals surface area contributed by atoms with Crippen LogP contribution in [0.3, 0.4) is 0 Å². The van der Waals surface area contributed by atoms with E-state index in [0.717, 1.165) is 28.6 Å². The Balaban J connectivity index is 2.23. The van der Waals surface area contributed by atoms with E-state index in [4.69, 9.17) is 17.3 Å². The third-order valence-corrected chi connectivity index (χ3v) is 3.40. The average molecular weight is 272 g/mol. The molecule has 0 aliphatic carbocycles. The molecule has 0 aliphatic heterocycles. The number of halogens is 1. The summed E-state index contributed by atoms with van der Waals surface area (Å²) in [6, 6.07) is 14.0. The molecule has 1 aromatic heterocycles. The van der Waals surface area contributed by atoms with Gasteiger partial charge in [0.1, 0.15) is 0 Å². The number of rotatable bonds is 3. The summed E-state index contributed by atoms with van der Waals surface area (Å²) in [5.74, 6) is 0. The zero-order chi connectivity index (χ0) is 13.2. The fourth-order valence-corrected chi connectivity index (χ4v) is 2.43. The van der Waals surface area contributed by atoms with Gasteiger partial charge in [0.15, 0.2) is 0 Å². The normalized spacial score (nSPS) is 11.1. The van der Waals surface area contributed by atoms with Crippen LogP contribution in [0.25, 0.3) is 16.6 Å². The zero-order valence-corrected chi connectivity index (χ0v) is 11.1. The lowest BCUT2D eigenvalue weighted by Gasteiger charge is -2.10. The molecular weight excluding hydrogens is 258 g/mol. The van der Waals surface area contributed by atoms with Crippen molar-refractivity contribution in [3.05, 3.63) is 59.2 Å². The van der Waals surface area contributed by atoms with Gasteiger partial charge in [-0.15, -0.1) is 0 Å². The molecule has 0 unspecified atom stereocenters. The highest BCUT2D eigenvalue weighted by Crippen LogP contribution is 2.24. The fourth-order valence-electron chi connectivity index (χ4n) is 2.26. The summed E-state index contributed by atoms with van der Waals surface area (Å²) in [5, 5.41) is 6.28. The van der Waals surface area contributed by atoms with E-state index < -0.39 is 0 Å². The Bertz CT molecular complexity index is 718. The molecule has 1 heterocycles. The highest BCUT2D eigenvalue weighted by atomic mass is 35.5. The smallest absolute Gasteiger partial charge is 0.0741 e. The third-order valence-electron chi connectivity index (χ3n) is 3.17. The molecule has 0 radical (unpaired) electrons. The molecule has 0 aliphatic rings. The maximum absolute atomic E-state index is 6.11. The molecule has 0 bridgehead atoms. The molecule has 0 fully saturated rings. The van der Waals surface area contributed by atoms with E-state index in [1.807, 2.05) is 47.3 Å². The average Bonchev–Trinajstić information content (AvgIpc) is 2.85. The summed E-state index contributed by atoms with van der Waals surface area (Å²) in [7, 11) is 0. The minimum absolute atomic E-state index is 0.605. The van der Waals surface area contributed by atoms with Crippen molar-refractivity contribution in [3.63, 3.8) is 0 Å². The molecule has 0 atom stereocenters. The Kier molecular flexibility index (Phi) is 3.23. The second-order valence-corrected chi connectivity index (χ2v) is 4.86. The first-order valence-corrected chi connectivity index (χ1v) is 6.59. The fraction of sp³-hybridized carbons (Fsp3) is 0.133.